The number of methoxy groups -OCH3 is 2. The molecule has 8 heteroatoms. The molecule has 0 atom stereocenters. The van der Waals surface area contributed by atoms with E-state index < -0.39 is 5.97 Å². The van der Waals surface area contributed by atoms with E-state index in [2.05, 4.69) is 10.1 Å². The number of carbonyl (C=O) groups excluding carboxylic acids is 1. The number of hydrogen-bond acceptors (Lipinski definition) is 7. The van der Waals surface area contributed by atoms with Gasteiger partial charge in [0.15, 0.2) is 6.61 Å². The van der Waals surface area contributed by atoms with E-state index >= 15 is 0 Å². The summed E-state index contributed by atoms with van der Waals surface area (Å²) in [6.45, 7) is -0.182. The van der Waals surface area contributed by atoms with Gasteiger partial charge in [0.05, 0.1) is 14.2 Å². The molecule has 0 saturated heterocycles. The van der Waals surface area contributed by atoms with E-state index in [4.69, 9.17) is 18.7 Å². The Hall–Kier alpha value is -3.68. The molecular weight excluding hydrogens is 367 g/mol. The Morgan fingerprint density at radius 3 is 2.43 bits per heavy atom. The number of carbonyl (C=O) groups is 1. The van der Waals surface area contributed by atoms with E-state index in [9.17, 15) is 9.18 Å². The van der Waals surface area contributed by atoms with Crippen LogP contribution in [0.15, 0.2) is 53.1 Å². The molecule has 0 aliphatic carbocycles. The number of hydrogen-bond donors (Lipinski definition) is 0. The van der Waals surface area contributed by atoms with E-state index in [0.29, 0.717) is 22.6 Å². The summed E-state index contributed by atoms with van der Waals surface area (Å²) in [6, 6.07) is 10.9. The smallest absolute Gasteiger partial charge is 0.331 e. The minimum Gasteiger partial charge on any atom is -0.497 e. The molecule has 0 bridgehead atoms. The molecule has 0 fully saturated rings. The molecule has 2 aromatic carbocycles. The lowest BCUT2D eigenvalue weighted by atomic mass is 10.2. The quantitative estimate of drug-likeness (QED) is 0.454. The van der Waals surface area contributed by atoms with Crippen LogP contribution in [0.4, 0.5) is 4.39 Å². The number of benzene rings is 2. The molecule has 1 aromatic heterocycles. The van der Waals surface area contributed by atoms with Gasteiger partial charge in [0.2, 0.25) is 5.82 Å². The SMILES string of the molecule is COc1cc(/C=C/C(=O)OCc2nc(-c3ccc(F)cc3)no2)cc(OC)c1. The fraction of sp³-hybridized carbons (Fsp3) is 0.150. The number of rotatable bonds is 7. The zero-order chi connectivity index (χ0) is 19.9. The second kappa shape index (κ2) is 8.81. The highest BCUT2D eigenvalue weighted by molar-refractivity contribution is 5.87. The van der Waals surface area contributed by atoms with Gasteiger partial charge in [0.1, 0.15) is 17.3 Å². The van der Waals surface area contributed by atoms with Crippen molar-refractivity contribution in [3.63, 3.8) is 0 Å². The van der Waals surface area contributed by atoms with Crippen molar-refractivity contribution < 1.29 is 27.9 Å². The topological polar surface area (TPSA) is 83.7 Å². The third-order valence-corrected chi connectivity index (χ3v) is 3.69. The van der Waals surface area contributed by atoms with Gasteiger partial charge < -0.3 is 18.7 Å². The van der Waals surface area contributed by atoms with Crippen LogP contribution >= 0.6 is 0 Å². The molecule has 0 unspecified atom stereocenters. The van der Waals surface area contributed by atoms with Crippen molar-refractivity contribution in [3.8, 4) is 22.9 Å². The highest BCUT2D eigenvalue weighted by atomic mass is 19.1. The Morgan fingerprint density at radius 1 is 1.11 bits per heavy atom. The van der Waals surface area contributed by atoms with Crippen LogP contribution in [0.2, 0.25) is 0 Å². The summed E-state index contributed by atoms with van der Waals surface area (Å²) in [5, 5.41) is 3.78. The van der Waals surface area contributed by atoms with Crippen LogP contribution in [-0.2, 0) is 16.1 Å². The maximum absolute atomic E-state index is 13.0. The van der Waals surface area contributed by atoms with Crippen molar-refractivity contribution in [2.75, 3.05) is 14.2 Å². The van der Waals surface area contributed by atoms with E-state index in [-0.39, 0.29) is 24.1 Å². The molecule has 7 nitrogen and oxygen atoms in total. The molecule has 0 aliphatic rings. The Balaban J connectivity index is 1.59. The molecule has 144 valence electrons. The van der Waals surface area contributed by atoms with Gasteiger partial charge in [0, 0.05) is 17.7 Å². The van der Waals surface area contributed by atoms with Crippen molar-refractivity contribution in [3.05, 3.63) is 65.8 Å². The van der Waals surface area contributed by atoms with Crippen molar-refractivity contribution in [2.45, 2.75) is 6.61 Å². The monoisotopic (exact) mass is 384 g/mol. The van der Waals surface area contributed by atoms with Crippen LogP contribution in [0.3, 0.4) is 0 Å². The van der Waals surface area contributed by atoms with Crippen LogP contribution in [-0.4, -0.2) is 30.3 Å². The Labute approximate surface area is 160 Å². The Kier molecular flexibility index (Phi) is 6.01. The minimum absolute atomic E-state index is 0.129. The average molecular weight is 384 g/mol. The molecular formula is C20H17FN2O5. The zero-order valence-corrected chi connectivity index (χ0v) is 15.2. The Morgan fingerprint density at radius 2 is 1.79 bits per heavy atom. The molecule has 0 saturated carbocycles. The number of ether oxygens (including phenoxy) is 3. The van der Waals surface area contributed by atoms with Gasteiger partial charge in [-0.3, -0.25) is 0 Å². The normalized spacial score (nSPS) is 10.8. The first-order valence-electron chi connectivity index (χ1n) is 8.24. The lowest BCUT2D eigenvalue weighted by Crippen LogP contribution is -2.01. The van der Waals surface area contributed by atoms with Gasteiger partial charge in [-0.05, 0) is 48.0 Å². The highest BCUT2D eigenvalue weighted by Gasteiger charge is 2.10. The van der Waals surface area contributed by atoms with Gasteiger partial charge in [-0.25, -0.2) is 9.18 Å². The van der Waals surface area contributed by atoms with Crippen molar-refractivity contribution in [1.29, 1.82) is 0 Å². The largest absolute Gasteiger partial charge is 0.497 e. The van der Waals surface area contributed by atoms with Gasteiger partial charge in [-0.2, -0.15) is 4.98 Å². The summed E-state index contributed by atoms with van der Waals surface area (Å²) in [4.78, 5) is 16.0. The van der Waals surface area contributed by atoms with Crippen molar-refractivity contribution >= 4 is 12.0 Å². The summed E-state index contributed by atoms with van der Waals surface area (Å²) in [6.07, 6.45) is 2.84. The standard InChI is InChI=1S/C20H17FN2O5/c1-25-16-9-13(10-17(11-16)26-2)3-8-19(24)27-12-18-22-20(23-28-18)14-4-6-15(21)7-5-14/h3-11H,12H2,1-2H3/b8-3+. The third kappa shape index (κ3) is 4.94. The van der Waals surface area contributed by atoms with Gasteiger partial charge in [-0.1, -0.05) is 5.16 Å². The van der Waals surface area contributed by atoms with Crippen molar-refractivity contribution in [2.24, 2.45) is 0 Å². The maximum Gasteiger partial charge on any atom is 0.331 e. The summed E-state index contributed by atoms with van der Waals surface area (Å²) >= 11 is 0. The van der Waals surface area contributed by atoms with E-state index in [1.165, 1.54) is 30.3 Å². The fourth-order valence-corrected chi connectivity index (χ4v) is 2.30. The highest BCUT2D eigenvalue weighted by Crippen LogP contribution is 2.23. The molecule has 1 heterocycles. The summed E-state index contributed by atoms with van der Waals surface area (Å²) in [7, 11) is 3.09. The van der Waals surface area contributed by atoms with E-state index in [1.54, 1.807) is 38.5 Å². The second-order valence-corrected chi connectivity index (χ2v) is 5.61. The lowest BCUT2D eigenvalue weighted by molar-refractivity contribution is -0.139. The van der Waals surface area contributed by atoms with Gasteiger partial charge in [0.25, 0.3) is 5.89 Å². The first-order chi connectivity index (χ1) is 13.6. The Bertz CT molecular complexity index is 960. The number of halogens is 1. The lowest BCUT2D eigenvalue weighted by Gasteiger charge is -2.05. The second-order valence-electron chi connectivity index (χ2n) is 5.61. The number of aromatic nitrogens is 2. The molecule has 3 aromatic rings. The summed E-state index contributed by atoms with van der Waals surface area (Å²) in [5.41, 5.74) is 1.30. The molecule has 0 radical (unpaired) electrons. The molecule has 28 heavy (non-hydrogen) atoms. The summed E-state index contributed by atoms with van der Waals surface area (Å²) in [5.74, 6) is 0.678. The fourth-order valence-electron chi connectivity index (χ4n) is 2.30. The van der Waals surface area contributed by atoms with Gasteiger partial charge in [-0.15, -0.1) is 0 Å². The predicted molar refractivity (Wildman–Crippen MR) is 98.1 cm³/mol. The van der Waals surface area contributed by atoms with Crippen LogP contribution < -0.4 is 9.47 Å². The predicted octanol–water partition coefficient (Wildman–Crippen LogP) is 3.65. The molecule has 0 amide bonds. The van der Waals surface area contributed by atoms with Crippen LogP contribution in [0, 0.1) is 5.82 Å². The molecule has 0 N–H and O–H groups in total. The zero-order valence-electron chi connectivity index (χ0n) is 15.2. The van der Waals surface area contributed by atoms with Crippen LogP contribution in [0.5, 0.6) is 11.5 Å². The maximum atomic E-state index is 13.0. The average Bonchev–Trinajstić information content (AvgIpc) is 3.20. The third-order valence-electron chi connectivity index (χ3n) is 3.69. The first-order valence-corrected chi connectivity index (χ1v) is 8.24. The molecule has 0 spiro atoms. The number of nitrogens with zero attached hydrogens (tertiary/aromatic N) is 2. The number of esters is 1. The first kappa shape index (κ1) is 19.1. The van der Waals surface area contributed by atoms with E-state index in [1.807, 2.05) is 0 Å². The van der Waals surface area contributed by atoms with Crippen LogP contribution in [0.25, 0.3) is 17.5 Å². The van der Waals surface area contributed by atoms with Crippen molar-refractivity contribution in [1.82, 2.24) is 10.1 Å². The van der Waals surface area contributed by atoms with Gasteiger partial charge >= 0.3 is 5.97 Å². The van der Waals surface area contributed by atoms with Crippen LogP contribution in [0.1, 0.15) is 11.5 Å². The molecule has 0 aliphatic heterocycles. The van der Waals surface area contributed by atoms with E-state index in [0.717, 1.165) is 0 Å². The minimum atomic E-state index is -0.580. The summed E-state index contributed by atoms with van der Waals surface area (Å²) < 4.78 is 33.4. The molecule has 3 rings (SSSR count).